The summed E-state index contributed by atoms with van der Waals surface area (Å²) in [6.45, 7) is 5.96. The molecule has 0 radical (unpaired) electrons. The minimum atomic E-state index is -0.554. The van der Waals surface area contributed by atoms with Gasteiger partial charge >= 0.3 is 6.01 Å². The van der Waals surface area contributed by atoms with E-state index in [-0.39, 0.29) is 12.4 Å². The van der Waals surface area contributed by atoms with Gasteiger partial charge in [-0.3, -0.25) is 4.79 Å². The Balaban J connectivity index is 2.92. The molecule has 19 heavy (non-hydrogen) atoms. The van der Waals surface area contributed by atoms with Crippen molar-refractivity contribution < 1.29 is 9.53 Å². The summed E-state index contributed by atoms with van der Waals surface area (Å²) in [5.74, 6) is 0.315. The molecule has 0 fully saturated rings. The maximum absolute atomic E-state index is 11.0. The van der Waals surface area contributed by atoms with Gasteiger partial charge in [0.2, 0.25) is 17.8 Å². The summed E-state index contributed by atoms with van der Waals surface area (Å²) in [5.41, 5.74) is 4.64. The number of aromatic nitrogens is 3. The summed E-state index contributed by atoms with van der Waals surface area (Å²) in [4.78, 5) is 23.3. The van der Waals surface area contributed by atoms with E-state index in [9.17, 15) is 4.79 Å². The fraction of sp³-hybridized carbons (Fsp3) is 0.636. The van der Waals surface area contributed by atoms with E-state index in [2.05, 4.69) is 25.6 Å². The first kappa shape index (κ1) is 14.9. The zero-order valence-electron chi connectivity index (χ0n) is 11.6. The lowest BCUT2D eigenvalue weighted by Crippen LogP contribution is -2.36. The van der Waals surface area contributed by atoms with Crippen LogP contribution < -0.4 is 21.1 Å². The van der Waals surface area contributed by atoms with Crippen molar-refractivity contribution in [3.8, 4) is 6.01 Å². The summed E-state index contributed by atoms with van der Waals surface area (Å²) in [7, 11) is 1.70. The first-order chi connectivity index (χ1) is 8.86. The Kier molecular flexibility index (Phi) is 4.85. The number of anilines is 2. The molecule has 0 aliphatic rings. The molecule has 0 atom stereocenters. The number of hydrogen-bond donors (Lipinski definition) is 3. The number of primary amides is 1. The van der Waals surface area contributed by atoms with Crippen LogP contribution >= 0.6 is 0 Å². The van der Waals surface area contributed by atoms with Crippen LogP contribution in [0.2, 0.25) is 0 Å². The van der Waals surface area contributed by atoms with Gasteiger partial charge in [-0.1, -0.05) is 0 Å². The van der Waals surface area contributed by atoms with Crippen LogP contribution in [-0.4, -0.2) is 40.1 Å². The van der Waals surface area contributed by atoms with Gasteiger partial charge in [-0.25, -0.2) is 0 Å². The highest BCUT2D eigenvalue weighted by Gasteiger charge is 2.22. The number of nitrogens with one attached hydrogen (secondary N) is 2. The molecule has 0 spiro atoms. The molecule has 106 valence electrons. The van der Waals surface area contributed by atoms with Crippen molar-refractivity contribution in [3.63, 3.8) is 0 Å². The molecule has 4 N–H and O–H groups in total. The van der Waals surface area contributed by atoms with Gasteiger partial charge in [-0.15, -0.1) is 0 Å². The molecule has 1 aromatic rings. The van der Waals surface area contributed by atoms with Crippen molar-refractivity contribution >= 4 is 17.8 Å². The Morgan fingerprint density at radius 3 is 2.47 bits per heavy atom. The predicted octanol–water partition coefficient (Wildman–Crippen LogP) is 0.378. The molecule has 0 saturated heterocycles. The van der Waals surface area contributed by atoms with Crippen molar-refractivity contribution in [2.24, 2.45) is 5.73 Å². The van der Waals surface area contributed by atoms with Crippen LogP contribution in [-0.2, 0) is 4.79 Å². The third-order valence-corrected chi connectivity index (χ3v) is 2.18. The molecule has 0 bridgehead atoms. The van der Waals surface area contributed by atoms with Crippen LogP contribution in [0.5, 0.6) is 6.01 Å². The standard InChI is InChI=1S/C11H20N6O2/c1-5-19-10-15-8(13-4)14-9(16-10)17-11(2,3)6-7(12)18/h5-6H2,1-4H3,(H2,12,18)(H2,13,14,15,16,17). The van der Waals surface area contributed by atoms with E-state index in [1.807, 2.05) is 20.8 Å². The van der Waals surface area contributed by atoms with Crippen LogP contribution in [0, 0.1) is 0 Å². The summed E-state index contributed by atoms with van der Waals surface area (Å²) < 4.78 is 5.25. The molecule has 8 nitrogen and oxygen atoms in total. The zero-order chi connectivity index (χ0) is 14.5. The molecule has 1 rings (SSSR count). The van der Waals surface area contributed by atoms with Crippen molar-refractivity contribution in [2.75, 3.05) is 24.3 Å². The third-order valence-electron chi connectivity index (χ3n) is 2.18. The number of nitrogens with two attached hydrogens (primary N) is 1. The molecule has 0 saturated carbocycles. The van der Waals surface area contributed by atoms with Gasteiger partial charge in [0.25, 0.3) is 0 Å². The summed E-state index contributed by atoms with van der Waals surface area (Å²) in [6.07, 6.45) is 0.164. The second kappa shape index (κ2) is 6.17. The normalized spacial score (nSPS) is 10.9. The lowest BCUT2D eigenvalue weighted by molar-refractivity contribution is -0.118. The molecule has 0 aliphatic heterocycles. The number of amides is 1. The van der Waals surface area contributed by atoms with Gasteiger partial charge in [-0.05, 0) is 20.8 Å². The Morgan fingerprint density at radius 1 is 1.32 bits per heavy atom. The minimum absolute atomic E-state index is 0.164. The molecule has 0 aliphatic carbocycles. The number of nitrogens with zero attached hydrogens (tertiary/aromatic N) is 3. The summed E-state index contributed by atoms with van der Waals surface area (Å²) in [6, 6.07) is 0.222. The Labute approximate surface area is 112 Å². The van der Waals surface area contributed by atoms with Crippen molar-refractivity contribution in [3.05, 3.63) is 0 Å². The molecular weight excluding hydrogens is 248 g/mol. The van der Waals surface area contributed by atoms with Crippen molar-refractivity contribution in [1.29, 1.82) is 0 Å². The molecular formula is C11H20N6O2. The van der Waals surface area contributed by atoms with Crippen molar-refractivity contribution in [2.45, 2.75) is 32.7 Å². The monoisotopic (exact) mass is 268 g/mol. The van der Waals surface area contributed by atoms with E-state index in [1.54, 1.807) is 7.05 Å². The highest BCUT2D eigenvalue weighted by atomic mass is 16.5. The maximum Gasteiger partial charge on any atom is 0.323 e. The van der Waals surface area contributed by atoms with Crippen LogP contribution in [0.1, 0.15) is 27.2 Å². The topological polar surface area (TPSA) is 115 Å². The van der Waals surface area contributed by atoms with Crippen LogP contribution in [0.3, 0.4) is 0 Å². The van der Waals surface area contributed by atoms with Crippen LogP contribution in [0.15, 0.2) is 0 Å². The predicted molar refractivity (Wildman–Crippen MR) is 72.1 cm³/mol. The van der Waals surface area contributed by atoms with Crippen molar-refractivity contribution in [1.82, 2.24) is 15.0 Å². The Hall–Kier alpha value is -2.12. The lowest BCUT2D eigenvalue weighted by Gasteiger charge is -2.24. The molecule has 0 aromatic carbocycles. The van der Waals surface area contributed by atoms with Gasteiger partial charge in [0.1, 0.15) is 0 Å². The van der Waals surface area contributed by atoms with Crippen LogP contribution in [0.4, 0.5) is 11.9 Å². The Bertz CT molecular complexity index is 449. The molecule has 1 aromatic heterocycles. The number of carbonyl (C=O) groups excluding carboxylic acids is 1. The molecule has 1 heterocycles. The van der Waals surface area contributed by atoms with Gasteiger partial charge in [0, 0.05) is 19.0 Å². The zero-order valence-corrected chi connectivity index (χ0v) is 11.6. The average Bonchev–Trinajstić information content (AvgIpc) is 2.26. The minimum Gasteiger partial charge on any atom is -0.464 e. The fourth-order valence-corrected chi connectivity index (χ4v) is 1.50. The summed E-state index contributed by atoms with van der Waals surface area (Å²) >= 11 is 0. The van der Waals surface area contributed by atoms with E-state index in [4.69, 9.17) is 10.5 Å². The molecule has 8 heteroatoms. The van der Waals surface area contributed by atoms with Gasteiger partial charge in [-0.2, -0.15) is 15.0 Å². The molecule has 0 unspecified atom stereocenters. The van der Waals surface area contributed by atoms with Gasteiger partial charge in [0.15, 0.2) is 0 Å². The summed E-state index contributed by atoms with van der Waals surface area (Å²) in [5, 5.41) is 5.86. The second-order valence-corrected chi connectivity index (χ2v) is 4.60. The largest absolute Gasteiger partial charge is 0.464 e. The van der Waals surface area contributed by atoms with Gasteiger partial charge in [0.05, 0.1) is 6.61 Å². The highest BCUT2D eigenvalue weighted by molar-refractivity contribution is 5.75. The average molecular weight is 268 g/mol. The fourth-order valence-electron chi connectivity index (χ4n) is 1.50. The number of hydrogen-bond acceptors (Lipinski definition) is 7. The SMILES string of the molecule is CCOc1nc(NC)nc(NC(C)(C)CC(N)=O)n1. The van der Waals surface area contributed by atoms with E-state index in [1.165, 1.54) is 0 Å². The number of rotatable bonds is 7. The van der Waals surface area contributed by atoms with E-state index in [0.717, 1.165) is 0 Å². The first-order valence-corrected chi connectivity index (χ1v) is 5.99. The van der Waals surface area contributed by atoms with E-state index in [0.29, 0.717) is 18.5 Å². The third kappa shape index (κ3) is 4.94. The van der Waals surface area contributed by atoms with E-state index >= 15 is 0 Å². The highest BCUT2D eigenvalue weighted by Crippen LogP contribution is 2.17. The van der Waals surface area contributed by atoms with Crippen LogP contribution in [0.25, 0.3) is 0 Å². The first-order valence-electron chi connectivity index (χ1n) is 5.99. The van der Waals surface area contributed by atoms with E-state index < -0.39 is 11.4 Å². The second-order valence-electron chi connectivity index (χ2n) is 4.60. The number of ether oxygens (including phenoxy) is 1. The lowest BCUT2D eigenvalue weighted by atomic mass is 10.0. The van der Waals surface area contributed by atoms with Gasteiger partial charge < -0.3 is 21.1 Å². The quantitative estimate of drug-likeness (QED) is 0.654. The maximum atomic E-state index is 11.0. The number of carbonyl (C=O) groups is 1. The molecule has 1 amide bonds. The smallest absolute Gasteiger partial charge is 0.323 e. The Morgan fingerprint density at radius 2 is 1.95 bits per heavy atom.